The highest BCUT2D eigenvalue weighted by Crippen LogP contribution is 2.32. The SMILES string of the molecule is COc1cc(OC)c(/C=N/NC(=S)NC2CCCCC2)c(OC)c1. The number of hydrogen-bond donors (Lipinski definition) is 2. The zero-order valence-electron chi connectivity index (χ0n) is 14.4. The molecule has 0 radical (unpaired) electrons. The summed E-state index contributed by atoms with van der Waals surface area (Å²) in [4.78, 5) is 0. The van der Waals surface area contributed by atoms with Crippen molar-refractivity contribution in [3.05, 3.63) is 17.7 Å². The lowest BCUT2D eigenvalue weighted by atomic mass is 9.96. The Kier molecular flexibility index (Phi) is 7.11. The van der Waals surface area contributed by atoms with E-state index >= 15 is 0 Å². The van der Waals surface area contributed by atoms with Crippen LogP contribution in [0.5, 0.6) is 17.2 Å². The number of thiocarbonyl (C=S) groups is 1. The molecule has 0 aromatic heterocycles. The molecule has 1 fully saturated rings. The standard InChI is InChI=1S/C17H25N3O3S/c1-21-13-9-15(22-2)14(16(10-13)23-3)11-18-20-17(24)19-12-7-5-4-6-8-12/h9-12H,4-8H2,1-3H3,(H2,19,20,24)/b18-11+. The number of methoxy groups -OCH3 is 3. The minimum Gasteiger partial charge on any atom is -0.496 e. The van der Waals surface area contributed by atoms with Crippen LogP contribution in [0.15, 0.2) is 17.2 Å². The summed E-state index contributed by atoms with van der Waals surface area (Å²) < 4.78 is 16.0. The van der Waals surface area contributed by atoms with E-state index in [9.17, 15) is 0 Å². The molecule has 0 amide bonds. The smallest absolute Gasteiger partial charge is 0.187 e. The second-order valence-corrected chi connectivity index (χ2v) is 6.03. The Morgan fingerprint density at radius 3 is 2.25 bits per heavy atom. The van der Waals surface area contributed by atoms with E-state index in [1.165, 1.54) is 19.3 Å². The van der Waals surface area contributed by atoms with E-state index in [1.807, 2.05) is 0 Å². The summed E-state index contributed by atoms with van der Waals surface area (Å²) in [6.45, 7) is 0. The quantitative estimate of drug-likeness (QED) is 0.467. The van der Waals surface area contributed by atoms with E-state index in [1.54, 1.807) is 39.7 Å². The highest BCUT2D eigenvalue weighted by Gasteiger charge is 2.14. The Morgan fingerprint density at radius 2 is 1.71 bits per heavy atom. The molecule has 0 spiro atoms. The van der Waals surface area contributed by atoms with Crippen molar-refractivity contribution < 1.29 is 14.2 Å². The molecule has 2 N–H and O–H groups in total. The first-order valence-corrected chi connectivity index (χ1v) is 8.48. The second-order valence-electron chi connectivity index (χ2n) is 5.62. The Hall–Kier alpha value is -2.02. The molecular formula is C17H25N3O3S. The molecule has 0 unspecified atom stereocenters. The average Bonchev–Trinajstić information content (AvgIpc) is 2.62. The van der Waals surface area contributed by atoms with Gasteiger partial charge in [0, 0.05) is 18.2 Å². The molecule has 1 saturated carbocycles. The van der Waals surface area contributed by atoms with Crippen LogP contribution in [-0.2, 0) is 0 Å². The van der Waals surface area contributed by atoms with E-state index in [2.05, 4.69) is 15.8 Å². The third kappa shape index (κ3) is 4.99. The summed E-state index contributed by atoms with van der Waals surface area (Å²) in [5, 5.41) is 8.04. The zero-order valence-corrected chi connectivity index (χ0v) is 15.2. The van der Waals surface area contributed by atoms with Crippen molar-refractivity contribution >= 4 is 23.5 Å². The number of benzene rings is 1. The number of nitrogens with one attached hydrogen (secondary N) is 2. The monoisotopic (exact) mass is 351 g/mol. The fourth-order valence-electron chi connectivity index (χ4n) is 2.78. The van der Waals surface area contributed by atoms with Crippen LogP contribution >= 0.6 is 12.2 Å². The Balaban J connectivity index is 2.01. The van der Waals surface area contributed by atoms with Gasteiger partial charge in [0.05, 0.1) is 33.1 Å². The van der Waals surface area contributed by atoms with Crippen molar-refractivity contribution in [2.75, 3.05) is 21.3 Å². The van der Waals surface area contributed by atoms with Crippen LogP contribution in [0.3, 0.4) is 0 Å². The van der Waals surface area contributed by atoms with Crippen LogP contribution in [-0.4, -0.2) is 38.7 Å². The predicted octanol–water partition coefficient (Wildman–Crippen LogP) is 2.84. The molecule has 7 heteroatoms. The van der Waals surface area contributed by atoms with Gasteiger partial charge in [0.25, 0.3) is 0 Å². The maximum Gasteiger partial charge on any atom is 0.187 e. The van der Waals surface area contributed by atoms with Gasteiger partial charge in [0.1, 0.15) is 17.2 Å². The molecule has 0 atom stereocenters. The van der Waals surface area contributed by atoms with Crippen molar-refractivity contribution in [3.8, 4) is 17.2 Å². The maximum absolute atomic E-state index is 5.38. The largest absolute Gasteiger partial charge is 0.496 e. The zero-order chi connectivity index (χ0) is 17.4. The first kappa shape index (κ1) is 18.3. The van der Waals surface area contributed by atoms with Gasteiger partial charge in [-0.25, -0.2) is 0 Å². The normalized spacial score (nSPS) is 15.1. The van der Waals surface area contributed by atoms with Crippen LogP contribution in [0.2, 0.25) is 0 Å². The summed E-state index contributed by atoms with van der Waals surface area (Å²) in [7, 11) is 4.78. The van der Waals surface area contributed by atoms with Crippen molar-refractivity contribution in [1.29, 1.82) is 0 Å². The van der Waals surface area contributed by atoms with Crippen LogP contribution in [0.1, 0.15) is 37.7 Å². The molecule has 0 heterocycles. The molecule has 1 aliphatic rings. The third-order valence-electron chi connectivity index (χ3n) is 4.05. The van der Waals surface area contributed by atoms with E-state index in [0.717, 1.165) is 12.8 Å². The van der Waals surface area contributed by atoms with Gasteiger partial charge in [-0.2, -0.15) is 5.10 Å². The topological polar surface area (TPSA) is 64.1 Å². The lowest BCUT2D eigenvalue weighted by molar-refractivity contribution is 0.374. The van der Waals surface area contributed by atoms with Crippen molar-refractivity contribution in [2.24, 2.45) is 5.10 Å². The number of nitrogens with zero attached hydrogens (tertiary/aromatic N) is 1. The molecule has 1 aromatic carbocycles. The van der Waals surface area contributed by atoms with Crippen molar-refractivity contribution in [2.45, 2.75) is 38.1 Å². The van der Waals surface area contributed by atoms with E-state index in [4.69, 9.17) is 26.4 Å². The fraction of sp³-hybridized carbons (Fsp3) is 0.529. The van der Waals surface area contributed by atoms with E-state index in [-0.39, 0.29) is 0 Å². The van der Waals surface area contributed by atoms with Gasteiger partial charge in [-0.15, -0.1) is 0 Å². The average molecular weight is 351 g/mol. The van der Waals surface area contributed by atoms with Crippen LogP contribution in [0, 0.1) is 0 Å². The highest BCUT2D eigenvalue weighted by molar-refractivity contribution is 7.80. The predicted molar refractivity (Wildman–Crippen MR) is 99.4 cm³/mol. The van der Waals surface area contributed by atoms with Crippen molar-refractivity contribution in [1.82, 2.24) is 10.7 Å². The van der Waals surface area contributed by atoms with Gasteiger partial charge in [-0.1, -0.05) is 19.3 Å². The van der Waals surface area contributed by atoms with Gasteiger partial charge in [0.15, 0.2) is 5.11 Å². The van der Waals surface area contributed by atoms with Gasteiger partial charge < -0.3 is 19.5 Å². The first-order valence-electron chi connectivity index (χ1n) is 8.07. The fourth-order valence-corrected chi connectivity index (χ4v) is 3.00. The van der Waals surface area contributed by atoms with Crippen LogP contribution in [0.4, 0.5) is 0 Å². The molecule has 6 nitrogen and oxygen atoms in total. The van der Waals surface area contributed by atoms with Crippen LogP contribution in [0.25, 0.3) is 0 Å². The summed E-state index contributed by atoms with van der Waals surface area (Å²) in [6.07, 6.45) is 7.77. The summed E-state index contributed by atoms with van der Waals surface area (Å²) in [5.41, 5.74) is 3.57. The molecule has 2 rings (SSSR count). The highest BCUT2D eigenvalue weighted by atomic mass is 32.1. The minimum absolute atomic E-state index is 0.444. The van der Waals surface area contributed by atoms with Gasteiger partial charge >= 0.3 is 0 Å². The molecule has 132 valence electrons. The summed E-state index contributed by atoms with van der Waals surface area (Å²) in [6, 6.07) is 4.00. The summed E-state index contributed by atoms with van der Waals surface area (Å²) in [5.74, 6) is 1.88. The van der Waals surface area contributed by atoms with Crippen LogP contribution < -0.4 is 25.0 Å². The first-order chi connectivity index (χ1) is 11.7. The molecule has 0 saturated heterocycles. The van der Waals surface area contributed by atoms with Gasteiger partial charge in [-0.05, 0) is 25.1 Å². The molecule has 24 heavy (non-hydrogen) atoms. The van der Waals surface area contributed by atoms with E-state index in [0.29, 0.717) is 34.0 Å². The van der Waals surface area contributed by atoms with E-state index < -0.39 is 0 Å². The number of hydrogen-bond acceptors (Lipinski definition) is 5. The molecule has 0 bridgehead atoms. The Morgan fingerprint density at radius 1 is 1.08 bits per heavy atom. The third-order valence-corrected chi connectivity index (χ3v) is 4.26. The van der Waals surface area contributed by atoms with Gasteiger partial charge in [-0.3, -0.25) is 5.43 Å². The molecule has 0 aliphatic heterocycles. The molecule has 1 aromatic rings. The maximum atomic E-state index is 5.38. The van der Waals surface area contributed by atoms with Crippen molar-refractivity contribution in [3.63, 3.8) is 0 Å². The van der Waals surface area contributed by atoms with Gasteiger partial charge in [0.2, 0.25) is 0 Å². The molecular weight excluding hydrogens is 326 g/mol. The number of ether oxygens (including phenoxy) is 3. The Labute approximate surface area is 148 Å². The lowest BCUT2D eigenvalue weighted by Crippen LogP contribution is -2.40. The minimum atomic E-state index is 0.444. The number of hydrazone groups is 1. The Bertz CT molecular complexity index is 561. The number of rotatable bonds is 6. The lowest BCUT2D eigenvalue weighted by Gasteiger charge is -2.23. The second kappa shape index (κ2) is 9.32. The molecule has 1 aliphatic carbocycles. The summed E-state index contributed by atoms with van der Waals surface area (Å²) >= 11 is 5.29.